The molecule has 3 nitrogen and oxygen atoms in total. The van der Waals surface area contributed by atoms with Gasteiger partial charge in [0, 0.05) is 5.56 Å². The van der Waals surface area contributed by atoms with E-state index in [0.29, 0.717) is 6.42 Å². The highest BCUT2D eigenvalue weighted by Crippen LogP contribution is 2.32. The number of hydrogen-bond donors (Lipinski definition) is 1. The number of hydrogen-bond acceptors (Lipinski definition) is 4. The van der Waals surface area contributed by atoms with Gasteiger partial charge in [0.2, 0.25) is 0 Å². The Hall–Kier alpha value is -0.830. The summed E-state index contributed by atoms with van der Waals surface area (Å²) in [7, 11) is 0. The van der Waals surface area contributed by atoms with Crippen molar-refractivity contribution in [2.24, 2.45) is 0 Å². The Morgan fingerprint density at radius 2 is 1.03 bits per heavy atom. The molecule has 0 aliphatic carbocycles. The zero-order valence-electron chi connectivity index (χ0n) is 17.8. The SMILES string of the molecule is CCCCCCCCCCCCCCCCc1c(F)c(F)c(SOOO)c(F)c1F. The summed E-state index contributed by atoms with van der Waals surface area (Å²) < 4.78 is 59.7. The highest BCUT2D eigenvalue weighted by Gasteiger charge is 2.26. The molecule has 0 heterocycles. The molecule has 1 N–H and O–H groups in total. The highest BCUT2D eigenvalue weighted by atomic mass is 32.2. The van der Waals surface area contributed by atoms with Crippen LogP contribution in [-0.2, 0) is 15.8 Å². The van der Waals surface area contributed by atoms with E-state index in [4.69, 9.17) is 5.26 Å². The van der Waals surface area contributed by atoms with Gasteiger partial charge in [0.05, 0.1) is 12.0 Å². The Morgan fingerprint density at radius 1 is 0.633 bits per heavy atom. The van der Waals surface area contributed by atoms with Crippen molar-refractivity contribution in [3.05, 3.63) is 28.8 Å². The molecule has 0 spiro atoms. The zero-order chi connectivity index (χ0) is 22.2. The lowest BCUT2D eigenvalue weighted by atomic mass is 10.0. The van der Waals surface area contributed by atoms with E-state index in [1.165, 1.54) is 57.8 Å². The fourth-order valence-corrected chi connectivity index (χ4v) is 3.92. The summed E-state index contributed by atoms with van der Waals surface area (Å²) >= 11 is -0.143. The third-order valence-corrected chi connectivity index (χ3v) is 5.90. The highest BCUT2D eigenvalue weighted by molar-refractivity contribution is 7.94. The molecule has 30 heavy (non-hydrogen) atoms. The van der Waals surface area contributed by atoms with Crippen molar-refractivity contribution in [1.29, 1.82) is 0 Å². The van der Waals surface area contributed by atoms with Crippen LogP contribution in [-0.4, -0.2) is 5.26 Å². The molecule has 0 saturated heterocycles. The van der Waals surface area contributed by atoms with E-state index in [2.05, 4.69) is 16.3 Å². The molecule has 0 aliphatic rings. The molecule has 0 aliphatic heterocycles. The quantitative estimate of drug-likeness (QED) is 0.0601. The second-order valence-electron chi connectivity index (χ2n) is 7.64. The lowest BCUT2D eigenvalue weighted by Crippen LogP contribution is -2.06. The fraction of sp³-hybridized carbons (Fsp3) is 0.727. The van der Waals surface area contributed by atoms with Crippen molar-refractivity contribution in [3.63, 3.8) is 0 Å². The third kappa shape index (κ3) is 9.98. The second-order valence-corrected chi connectivity index (χ2v) is 8.35. The van der Waals surface area contributed by atoms with Crippen LogP contribution in [0.5, 0.6) is 0 Å². The average Bonchev–Trinajstić information content (AvgIpc) is 2.74. The van der Waals surface area contributed by atoms with Crippen molar-refractivity contribution in [3.8, 4) is 0 Å². The lowest BCUT2D eigenvalue weighted by molar-refractivity contribution is -0.432. The predicted molar refractivity (Wildman–Crippen MR) is 111 cm³/mol. The van der Waals surface area contributed by atoms with E-state index >= 15 is 0 Å². The van der Waals surface area contributed by atoms with Crippen LogP contribution in [0.1, 0.15) is 102 Å². The number of halogens is 4. The maximum Gasteiger partial charge on any atom is 0.178 e. The van der Waals surface area contributed by atoms with Crippen molar-refractivity contribution in [2.75, 3.05) is 0 Å². The Morgan fingerprint density at radius 3 is 1.43 bits per heavy atom. The van der Waals surface area contributed by atoms with Crippen molar-refractivity contribution < 1.29 is 32.2 Å². The molecule has 1 aromatic rings. The monoisotopic (exact) mass is 454 g/mol. The maximum absolute atomic E-state index is 14.0. The lowest BCUT2D eigenvalue weighted by Gasteiger charge is -2.10. The van der Waals surface area contributed by atoms with Crippen LogP contribution in [0.15, 0.2) is 4.90 Å². The van der Waals surface area contributed by atoms with Gasteiger partial charge in [-0.1, -0.05) is 95.4 Å². The normalized spacial score (nSPS) is 11.4. The Kier molecular flexibility index (Phi) is 15.2. The standard InChI is InChI=1S/C22H34F4O3S/c1-2-3-4-5-6-7-8-9-10-11-12-13-14-15-16-17-18(23)20(25)22(30-29-28-27)21(26)19(17)24/h27H,2-16H2,1H3. The Balaban J connectivity index is 2.18. The van der Waals surface area contributed by atoms with Crippen LogP contribution in [0.4, 0.5) is 17.6 Å². The average molecular weight is 455 g/mol. The van der Waals surface area contributed by atoms with Crippen LogP contribution in [0.3, 0.4) is 0 Å². The molecule has 0 amide bonds. The van der Waals surface area contributed by atoms with Crippen LogP contribution in [0, 0.1) is 23.3 Å². The van der Waals surface area contributed by atoms with Gasteiger partial charge in [0.1, 0.15) is 4.90 Å². The molecule has 0 radical (unpaired) electrons. The summed E-state index contributed by atoms with van der Waals surface area (Å²) in [5, 5.41) is 11.2. The summed E-state index contributed by atoms with van der Waals surface area (Å²) in [5.74, 6) is -5.99. The minimum atomic E-state index is -1.56. The van der Waals surface area contributed by atoms with Gasteiger partial charge in [0.25, 0.3) is 0 Å². The number of benzene rings is 1. The van der Waals surface area contributed by atoms with Crippen LogP contribution >= 0.6 is 12.0 Å². The van der Waals surface area contributed by atoms with Gasteiger partial charge in [-0.15, -0.1) is 4.33 Å². The first-order valence-electron chi connectivity index (χ1n) is 11.0. The summed E-state index contributed by atoms with van der Waals surface area (Å²) in [6.07, 6.45) is 15.9. The minimum Gasteiger partial charge on any atom is -0.220 e. The van der Waals surface area contributed by atoms with Gasteiger partial charge in [-0.05, 0) is 12.8 Å². The molecule has 0 bridgehead atoms. The maximum atomic E-state index is 14.0. The number of rotatable bonds is 18. The molecular weight excluding hydrogens is 420 g/mol. The molecule has 8 heteroatoms. The molecule has 0 atom stereocenters. The van der Waals surface area contributed by atoms with Gasteiger partial charge >= 0.3 is 0 Å². The third-order valence-electron chi connectivity index (χ3n) is 5.24. The molecule has 0 saturated carbocycles. The molecular formula is C22H34F4O3S. The second kappa shape index (κ2) is 16.8. The van der Waals surface area contributed by atoms with Crippen LogP contribution in [0.2, 0.25) is 0 Å². The first-order valence-corrected chi connectivity index (χ1v) is 11.8. The van der Waals surface area contributed by atoms with E-state index in [0.717, 1.165) is 25.7 Å². The zero-order valence-corrected chi connectivity index (χ0v) is 18.6. The van der Waals surface area contributed by atoms with Gasteiger partial charge in [-0.2, -0.15) is 0 Å². The first kappa shape index (κ1) is 27.2. The van der Waals surface area contributed by atoms with Gasteiger partial charge in [-0.25, -0.2) is 22.8 Å². The van der Waals surface area contributed by atoms with Crippen LogP contribution in [0.25, 0.3) is 0 Å². The topological polar surface area (TPSA) is 38.7 Å². The fourth-order valence-electron chi connectivity index (χ4n) is 3.50. The van der Waals surface area contributed by atoms with Crippen molar-refractivity contribution in [2.45, 2.75) is 108 Å². The molecule has 0 unspecified atom stereocenters. The summed E-state index contributed by atoms with van der Waals surface area (Å²) in [6, 6.07) is 0. The van der Waals surface area contributed by atoms with Crippen molar-refractivity contribution >= 4 is 12.0 Å². The van der Waals surface area contributed by atoms with E-state index in [1.807, 2.05) is 0 Å². The summed E-state index contributed by atoms with van der Waals surface area (Å²) in [4.78, 5) is -1.04. The molecule has 0 fully saturated rings. The van der Waals surface area contributed by atoms with E-state index in [-0.39, 0.29) is 18.5 Å². The van der Waals surface area contributed by atoms with Gasteiger partial charge in [0.15, 0.2) is 23.3 Å². The van der Waals surface area contributed by atoms with Gasteiger partial charge < -0.3 is 0 Å². The molecule has 0 aromatic heterocycles. The van der Waals surface area contributed by atoms with Crippen LogP contribution < -0.4 is 0 Å². The minimum absolute atomic E-state index is 0.0775. The van der Waals surface area contributed by atoms with Crippen molar-refractivity contribution in [1.82, 2.24) is 0 Å². The van der Waals surface area contributed by atoms with E-state index in [9.17, 15) is 17.6 Å². The van der Waals surface area contributed by atoms with Gasteiger partial charge in [-0.3, -0.25) is 0 Å². The summed E-state index contributed by atoms with van der Waals surface area (Å²) in [6.45, 7) is 2.22. The van der Waals surface area contributed by atoms with E-state index < -0.39 is 33.7 Å². The smallest absolute Gasteiger partial charge is 0.178 e. The predicted octanol–water partition coefficient (Wildman–Crippen LogP) is 8.70. The molecule has 1 rings (SSSR count). The Labute approximate surface area is 181 Å². The Bertz CT molecular complexity index is 573. The largest absolute Gasteiger partial charge is 0.220 e. The number of unbranched alkanes of at least 4 members (excludes halogenated alkanes) is 13. The molecule has 174 valence electrons. The summed E-state index contributed by atoms with van der Waals surface area (Å²) in [5.41, 5.74) is -0.599. The molecule has 1 aromatic carbocycles. The van der Waals surface area contributed by atoms with E-state index in [1.54, 1.807) is 0 Å². The first-order chi connectivity index (χ1) is 14.5.